The molecule has 1 N–H and O–H groups in total. The van der Waals surface area contributed by atoms with Crippen LogP contribution < -0.4 is 10.1 Å². The molecule has 0 unspecified atom stereocenters. The Bertz CT molecular complexity index is 1270. The fraction of sp³-hybridized carbons (Fsp3) is 0.130. The summed E-state index contributed by atoms with van der Waals surface area (Å²) in [6.45, 7) is 3.41. The molecule has 1 aromatic heterocycles. The molecule has 4 aromatic rings. The van der Waals surface area contributed by atoms with Gasteiger partial charge in [0.1, 0.15) is 11.3 Å². The third-order valence-electron chi connectivity index (χ3n) is 4.56. The third-order valence-corrected chi connectivity index (χ3v) is 5.91. The number of halogens is 3. The largest absolute Gasteiger partial charge is 0.478 e. The van der Waals surface area contributed by atoms with Gasteiger partial charge in [-0.15, -0.1) is 0 Å². The standard InChI is InChI=1S/C23H17BrCl2N2O3/c1-23(2,31-15-9-6-13(24)7-10-15)22(29)27-14-8-11-19-18(12-14)28-21(30-19)16-4-3-5-17(25)20(16)26/h3-12H,1-2H3,(H,27,29). The molecule has 0 saturated heterocycles. The average molecular weight is 520 g/mol. The van der Waals surface area contributed by atoms with Crippen LogP contribution in [0.3, 0.4) is 0 Å². The number of nitrogens with zero attached hydrogens (tertiary/aromatic N) is 1. The molecular formula is C23H17BrCl2N2O3. The van der Waals surface area contributed by atoms with Crippen molar-refractivity contribution < 1.29 is 13.9 Å². The number of anilines is 1. The van der Waals surface area contributed by atoms with Gasteiger partial charge in [0.05, 0.1) is 15.6 Å². The molecule has 0 spiro atoms. The number of hydrogen-bond acceptors (Lipinski definition) is 4. The maximum atomic E-state index is 12.8. The summed E-state index contributed by atoms with van der Waals surface area (Å²) < 4.78 is 12.6. The van der Waals surface area contributed by atoms with Gasteiger partial charge >= 0.3 is 0 Å². The van der Waals surface area contributed by atoms with Crippen LogP contribution in [0.4, 0.5) is 5.69 Å². The van der Waals surface area contributed by atoms with Gasteiger partial charge < -0.3 is 14.5 Å². The molecule has 0 atom stereocenters. The van der Waals surface area contributed by atoms with Crippen LogP contribution in [0.2, 0.25) is 10.0 Å². The molecule has 0 aliphatic carbocycles. The summed E-state index contributed by atoms with van der Waals surface area (Å²) in [5.74, 6) is 0.652. The molecule has 1 amide bonds. The summed E-state index contributed by atoms with van der Waals surface area (Å²) in [5.41, 5.74) is 1.22. The number of oxazole rings is 1. The quantitative estimate of drug-likeness (QED) is 0.299. The van der Waals surface area contributed by atoms with Crippen LogP contribution in [0.25, 0.3) is 22.6 Å². The fourth-order valence-electron chi connectivity index (χ4n) is 2.91. The van der Waals surface area contributed by atoms with Crippen molar-refractivity contribution >= 4 is 61.8 Å². The number of carbonyl (C=O) groups excluding carboxylic acids is 1. The monoisotopic (exact) mass is 518 g/mol. The molecule has 158 valence electrons. The van der Waals surface area contributed by atoms with Gasteiger partial charge in [-0.05, 0) is 68.4 Å². The molecular weight excluding hydrogens is 503 g/mol. The molecule has 31 heavy (non-hydrogen) atoms. The molecule has 5 nitrogen and oxygen atoms in total. The van der Waals surface area contributed by atoms with E-state index in [9.17, 15) is 4.79 Å². The van der Waals surface area contributed by atoms with Gasteiger partial charge in [-0.3, -0.25) is 4.79 Å². The van der Waals surface area contributed by atoms with E-state index in [1.807, 2.05) is 12.1 Å². The number of ether oxygens (including phenoxy) is 1. The lowest BCUT2D eigenvalue weighted by molar-refractivity contribution is -0.128. The molecule has 0 aliphatic rings. The number of aromatic nitrogens is 1. The first kappa shape index (κ1) is 21.7. The van der Waals surface area contributed by atoms with Crippen LogP contribution >= 0.6 is 39.1 Å². The topological polar surface area (TPSA) is 64.4 Å². The van der Waals surface area contributed by atoms with Crippen molar-refractivity contribution in [3.05, 3.63) is 75.2 Å². The SMILES string of the molecule is CC(C)(Oc1ccc(Br)cc1)C(=O)Nc1ccc2oc(-c3cccc(Cl)c3Cl)nc2c1. The Balaban J connectivity index is 1.55. The van der Waals surface area contributed by atoms with Crippen LogP contribution in [0.5, 0.6) is 5.75 Å². The minimum atomic E-state index is -1.09. The predicted molar refractivity (Wildman–Crippen MR) is 127 cm³/mol. The van der Waals surface area contributed by atoms with Gasteiger partial charge in [0.15, 0.2) is 11.2 Å². The number of rotatable bonds is 5. The van der Waals surface area contributed by atoms with E-state index in [0.717, 1.165) is 4.47 Å². The highest BCUT2D eigenvalue weighted by atomic mass is 79.9. The second-order valence-electron chi connectivity index (χ2n) is 7.32. The van der Waals surface area contributed by atoms with E-state index in [1.54, 1.807) is 62.4 Å². The van der Waals surface area contributed by atoms with E-state index in [4.69, 9.17) is 32.4 Å². The van der Waals surface area contributed by atoms with Gasteiger partial charge in [-0.25, -0.2) is 4.98 Å². The Kier molecular flexibility index (Phi) is 5.97. The van der Waals surface area contributed by atoms with Crippen molar-refractivity contribution in [1.82, 2.24) is 4.98 Å². The third kappa shape index (κ3) is 4.71. The summed E-state index contributed by atoms with van der Waals surface area (Å²) in [5, 5.41) is 3.66. The van der Waals surface area contributed by atoms with E-state index < -0.39 is 5.60 Å². The van der Waals surface area contributed by atoms with Crippen molar-refractivity contribution in [2.75, 3.05) is 5.32 Å². The summed E-state index contributed by atoms with van der Waals surface area (Å²) in [4.78, 5) is 17.3. The molecule has 0 fully saturated rings. The summed E-state index contributed by atoms with van der Waals surface area (Å²) in [6.07, 6.45) is 0. The van der Waals surface area contributed by atoms with Gasteiger partial charge in [0.25, 0.3) is 5.91 Å². The Labute approximate surface area is 197 Å². The smallest absolute Gasteiger partial charge is 0.267 e. The zero-order valence-electron chi connectivity index (χ0n) is 16.6. The van der Waals surface area contributed by atoms with E-state index in [0.29, 0.717) is 44.0 Å². The highest BCUT2D eigenvalue weighted by molar-refractivity contribution is 9.10. The van der Waals surface area contributed by atoms with E-state index in [1.165, 1.54) is 0 Å². The number of amides is 1. The van der Waals surface area contributed by atoms with Crippen molar-refractivity contribution in [1.29, 1.82) is 0 Å². The van der Waals surface area contributed by atoms with Gasteiger partial charge in [0, 0.05) is 10.2 Å². The minimum Gasteiger partial charge on any atom is -0.478 e. The molecule has 8 heteroatoms. The summed E-state index contributed by atoms with van der Waals surface area (Å²) in [7, 11) is 0. The van der Waals surface area contributed by atoms with Crippen molar-refractivity contribution in [2.45, 2.75) is 19.4 Å². The number of nitrogens with one attached hydrogen (secondary N) is 1. The predicted octanol–water partition coefficient (Wildman–Crippen LogP) is 7.36. The molecule has 0 aliphatic heterocycles. The molecule has 1 heterocycles. The van der Waals surface area contributed by atoms with Crippen LogP contribution in [-0.2, 0) is 4.79 Å². The van der Waals surface area contributed by atoms with E-state index in [2.05, 4.69) is 26.2 Å². The number of benzene rings is 3. The van der Waals surface area contributed by atoms with Crippen molar-refractivity contribution in [3.8, 4) is 17.2 Å². The van der Waals surface area contributed by atoms with E-state index >= 15 is 0 Å². The molecule has 4 rings (SSSR count). The van der Waals surface area contributed by atoms with Crippen LogP contribution in [0.15, 0.2) is 69.6 Å². The first-order chi connectivity index (χ1) is 14.7. The molecule has 3 aromatic carbocycles. The molecule has 0 saturated carbocycles. The summed E-state index contributed by atoms with van der Waals surface area (Å²) in [6, 6.07) is 17.8. The van der Waals surface area contributed by atoms with E-state index in [-0.39, 0.29) is 5.91 Å². The first-order valence-electron chi connectivity index (χ1n) is 9.34. The first-order valence-corrected chi connectivity index (χ1v) is 10.9. The Hall–Kier alpha value is -2.54. The van der Waals surface area contributed by atoms with Crippen molar-refractivity contribution in [3.63, 3.8) is 0 Å². The maximum Gasteiger partial charge on any atom is 0.267 e. The Morgan fingerprint density at radius 2 is 1.84 bits per heavy atom. The normalized spacial score (nSPS) is 11.5. The van der Waals surface area contributed by atoms with Crippen LogP contribution in [-0.4, -0.2) is 16.5 Å². The van der Waals surface area contributed by atoms with Crippen LogP contribution in [0.1, 0.15) is 13.8 Å². The van der Waals surface area contributed by atoms with Gasteiger partial charge in [-0.2, -0.15) is 0 Å². The molecule has 0 bridgehead atoms. The Morgan fingerprint density at radius 1 is 1.10 bits per heavy atom. The number of carbonyl (C=O) groups is 1. The number of fused-ring (bicyclic) bond motifs is 1. The molecule has 0 radical (unpaired) electrons. The zero-order chi connectivity index (χ0) is 22.2. The highest BCUT2D eigenvalue weighted by Crippen LogP contribution is 2.35. The second-order valence-corrected chi connectivity index (χ2v) is 9.02. The number of hydrogen-bond donors (Lipinski definition) is 1. The van der Waals surface area contributed by atoms with Gasteiger partial charge in [0.2, 0.25) is 5.89 Å². The lowest BCUT2D eigenvalue weighted by Gasteiger charge is -2.25. The average Bonchev–Trinajstić information content (AvgIpc) is 3.14. The zero-order valence-corrected chi connectivity index (χ0v) is 19.7. The van der Waals surface area contributed by atoms with Crippen molar-refractivity contribution in [2.24, 2.45) is 0 Å². The summed E-state index contributed by atoms with van der Waals surface area (Å²) >= 11 is 15.7. The Morgan fingerprint density at radius 3 is 2.58 bits per heavy atom. The second kappa shape index (κ2) is 8.54. The fourth-order valence-corrected chi connectivity index (χ4v) is 3.56. The van der Waals surface area contributed by atoms with Gasteiger partial charge in [-0.1, -0.05) is 45.2 Å². The lowest BCUT2D eigenvalue weighted by Crippen LogP contribution is -2.42. The maximum absolute atomic E-state index is 12.8. The highest BCUT2D eigenvalue weighted by Gasteiger charge is 2.30. The minimum absolute atomic E-state index is 0.295. The lowest BCUT2D eigenvalue weighted by atomic mass is 10.1. The van der Waals surface area contributed by atoms with Crippen LogP contribution in [0, 0.1) is 0 Å².